The number of halogens is 3. The third-order valence-electron chi connectivity index (χ3n) is 5.87. The molecule has 1 saturated heterocycles. The first kappa shape index (κ1) is 27.3. The number of amides is 3. The van der Waals surface area contributed by atoms with Crippen LogP contribution in [0.5, 0.6) is 11.5 Å². The van der Waals surface area contributed by atoms with Crippen molar-refractivity contribution in [3.8, 4) is 11.5 Å². The Labute approximate surface area is 234 Å². The monoisotopic (exact) mass is 605 g/mol. The fourth-order valence-electron chi connectivity index (χ4n) is 3.88. The van der Waals surface area contributed by atoms with Crippen LogP contribution in [-0.2, 0) is 16.1 Å². The third-order valence-corrected chi connectivity index (χ3v) is 7.11. The van der Waals surface area contributed by atoms with E-state index in [-0.39, 0.29) is 18.5 Å². The van der Waals surface area contributed by atoms with Crippen molar-refractivity contribution < 1.29 is 19.1 Å². The minimum absolute atomic E-state index is 0.163. The van der Waals surface area contributed by atoms with Crippen molar-refractivity contribution in [3.05, 3.63) is 92.4 Å². The lowest BCUT2D eigenvalue weighted by Gasteiger charge is -2.31. The van der Waals surface area contributed by atoms with Crippen LogP contribution in [0.25, 0.3) is 0 Å². The van der Waals surface area contributed by atoms with E-state index in [0.717, 1.165) is 10.0 Å². The fourth-order valence-corrected chi connectivity index (χ4v) is 4.51. The first-order valence-electron chi connectivity index (χ1n) is 11.7. The summed E-state index contributed by atoms with van der Waals surface area (Å²) in [5, 5.41) is 3.73. The zero-order chi connectivity index (χ0) is 26.4. The third kappa shape index (κ3) is 7.17. The maximum absolute atomic E-state index is 13.4. The lowest BCUT2D eigenvalue weighted by Crippen LogP contribution is -2.49. The van der Waals surface area contributed by atoms with Gasteiger partial charge in [0.15, 0.2) is 0 Å². The highest BCUT2D eigenvalue weighted by molar-refractivity contribution is 9.10. The van der Waals surface area contributed by atoms with Crippen LogP contribution in [0, 0.1) is 0 Å². The first-order valence-corrected chi connectivity index (χ1v) is 13.2. The van der Waals surface area contributed by atoms with E-state index < -0.39 is 6.04 Å². The molecule has 0 aromatic heterocycles. The fraction of sp³-hybridized carbons (Fsp3) is 0.259. The highest BCUT2D eigenvalue weighted by Gasteiger charge is 2.29. The minimum atomic E-state index is -0.814. The van der Waals surface area contributed by atoms with E-state index in [1.54, 1.807) is 30.1 Å². The maximum atomic E-state index is 13.4. The molecule has 37 heavy (non-hydrogen) atoms. The van der Waals surface area contributed by atoms with Crippen LogP contribution >= 0.6 is 39.1 Å². The zero-order valence-electron chi connectivity index (χ0n) is 20.1. The largest absolute Gasteiger partial charge is 0.457 e. The Morgan fingerprint density at radius 3 is 2.49 bits per heavy atom. The van der Waals surface area contributed by atoms with E-state index in [1.165, 1.54) is 4.90 Å². The predicted molar refractivity (Wildman–Crippen MR) is 147 cm³/mol. The van der Waals surface area contributed by atoms with Crippen molar-refractivity contribution in [3.63, 3.8) is 0 Å². The number of carbonyl (C=O) groups excluding carboxylic acids is 2. The summed E-state index contributed by atoms with van der Waals surface area (Å²) in [6.07, 6.45) is 0. The predicted octanol–water partition coefficient (Wildman–Crippen LogP) is 6.29. The Balaban J connectivity index is 1.50. The van der Waals surface area contributed by atoms with Gasteiger partial charge >= 0.3 is 6.03 Å². The molecule has 3 amide bonds. The number of morpholine rings is 1. The number of nitrogens with zero attached hydrogens (tertiary/aromatic N) is 2. The molecule has 3 aromatic rings. The van der Waals surface area contributed by atoms with Crippen LogP contribution in [0.15, 0.2) is 71.2 Å². The molecule has 4 rings (SSSR count). The van der Waals surface area contributed by atoms with Gasteiger partial charge in [0.1, 0.15) is 17.5 Å². The molecule has 1 fully saturated rings. The van der Waals surface area contributed by atoms with Crippen molar-refractivity contribution in [2.45, 2.75) is 12.6 Å². The van der Waals surface area contributed by atoms with Gasteiger partial charge in [-0.3, -0.25) is 4.79 Å². The molecule has 0 radical (unpaired) electrons. The lowest BCUT2D eigenvalue weighted by molar-refractivity contribution is -0.137. The summed E-state index contributed by atoms with van der Waals surface area (Å²) in [6.45, 7) is 2.17. The van der Waals surface area contributed by atoms with Gasteiger partial charge in [0, 0.05) is 36.2 Å². The molecule has 1 aliphatic rings. The topological polar surface area (TPSA) is 71.1 Å². The molecule has 0 aliphatic carbocycles. The molecular weight excluding hydrogens is 581 g/mol. The minimum Gasteiger partial charge on any atom is -0.457 e. The number of rotatable bonds is 7. The smallest absolute Gasteiger partial charge is 0.318 e. The van der Waals surface area contributed by atoms with Crippen LogP contribution in [0.1, 0.15) is 17.2 Å². The van der Waals surface area contributed by atoms with Gasteiger partial charge in [-0.15, -0.1) is 0 Å². The second-order valence-electron chi connectivity index (χ2n) is 8.52. The van der Waals surface area contributed by atoms with Crippen LogP contribution < -0.4 is 10.1 Å². The molecule has 1 atom stereocenters. The van der Waals surface area contributed by atoms with E-state index >= 15 is 0 Å². The van der Waals surface area contributed by atoms with Crippen molar-refractivity contribution >= 4 is 51.1 Å². The van der Waals surface area contributed by atoms with Crippen molar-refractivity contribution in [2.24, 2.45) is 0 Å². The summed E-state index contributed by atoms with van der Waals surface area (Å²) < 4.78 is 12.3. The number of benzene rings is 3. The summed E-state index contributed by atoms with van der Waals surface area (Å²) in [6, 6.07) is 18.6. The van der Waals surface area contributed by atoms with Gasteiger partial charge < -0.3 is 24.6 Å². The number of carbonyl (C=O) groups is 2. The number of hydrogen-bond acceptors (Lipinski definition) is 4. The number of ether oxygens (including phenoxy) is 2. The summed E-state index contributed by atoms with van der Waals surface area (Å²) >= 11 is 15.6. The maximum Gasteiger partial charge on any atom is 0.318 e. The van der Waals surface area contributed by atoms with Crippen LogP contribution in [-0.4, -0.2) is 55.1 Å². The van der Waals surface area contributed by atoms with E-state index in [1.807, 2.05) is 48.5 Å². The lowest BCUT2D eigenvalue weighted by atomic mass is 10.1. The highest BCUT2D eigenvalue weighted by Crippen LogP contribution is 2.33. The molecule has 194 valence electrons. The summed E-state index contributed by atoms with van der Waals surface area (Å²) in [5.41, 5.74) is 1.48. The van der Waals surface area contributed by atoms with Crippen LogP contribution in [0.4, 0.5) is 4.79 Å². The highest BCUT2D eigenvalue weighted by atomic mass is 79.9. The van der Waals surface area contributed by atoms with E-state index in [2.05, 4.69) is 21.2 Å². The quantitative estimate of drug-likeness (QED) is 0.343. The standard InChI is InChI=1S/C27H26BrCl2N3O4/c1-32(17-19-7-8-20(28)15-24(19)37-21-9-10-22(29)23(30)16-21)27(35)31-25(18-5-3-2-4-6-18)26(34)33-11-13-36-14-12-33/h2-10,15-16,25H,11-14,17H2,1H3,(H,31,35). The second-order valence-corrected chi connectivity index (χ2v) is 10.2. The molecule has 1 unspecified atom stereocenters. The SMILES string of the molecule is CN(Cc1ccc(Br)cc1Oc1ccc(Cl)c(Cl)c1)C(=O)NC(C(=O)N1CCOCC1)c1ccccc1. The first-order chi connectivity index (χ1) is 17.8. The molecule has 1 aliphatic heterocycles. The number of hydrogen-bond donors (Lipinski definition) is 1. The van der Waals surface area contributed by atoms with Gasteiger partial charge in [-0.1, -0.05) is 75.5 Å². The average molecular weight is 607 g/mol. The molecule has 0 spiro atoms. The van der Waals surface area contributed by atoms with E-state index in [9.17, 15) is 9.59 Å². The van der Waals surface area contributed by atoms with E-state index in [0.29, 0.717) is 53.4 Å². The normalized spacial score (nSPS) is 14.1. The van der Waals surface area contributed by atoms with Gasteiger partial charge in [-0.25, -0.2) is 4.79 Å². The molecule has 10 heteroatoms. The molecule has 3 aromatic carbocycles. The van der Waals surface area contributed by atoms with E-state index in [4.69, 9.17) is 32.7 Å². The van der Waals surface area contributed by atoms with Gasteiger partial charge in [0.05, 0.1) is 29.8 Å². The molecule has 1 heterocycles. The molecule has 0 saturated carbocycles. The van der Waals surface area contributed by atoms with Crippen molar-refractivity contribution in [1.82, 2.24) is 15.1 Å². The number of nitrogens with one attached hydrogen (secondary N) is 1. The second kappa shape index (κ2) is 12.6. The Morgan fingerprint density at radius 2 is 1.78 bits per heavy atom. The zero-order valence-corrected chi connectivity index (χ0v) is 23.2. The summed E-state index contributed by atoms with van der Waals surface area (Å²) in [5.74, 6) is 0.904. The molecule has 7 nitrogen and oxygen atoms in total. The molecule has 0 bridgehead atoms. The van der Waals surface area contributed by atoms with Gasteiger partial charge in [-0.2, -0.15) is 0 Å². The van der Waals surface area contributed by atoms with Gasteiger partial charge in [0.25, 0.3) is 0 Å². The summed E-state index contributed by atoms with van der Waals surface area (Å²) in [7, 11) is 1.67. The van der Waals surface area contributed by atoms with Crippen molar-refractivity contribution in [1.29, 1.82) is 0 Å². The van der Waals surface area contributed by atoms with Crippen LogP contribution in [0.3, 0.4) is 0 Å². The Hall–Kier alpha value is -2.78. The molecule has 1 N–H and O–H groups in total. The Bertz CT molecular complexity index is 1260. The molecular formula is C27H26BrCl2N3O4. The Kier molecular flexibility index (Phi) is 9.32. The van der Waals surface area contributed by atoms with Gasteiger partial charge in [-0.05, 0) is 29.8 Å². The van der Waals surface area contributed by atoms with Gasteiger partial charge in [0.2, 0.25) is 5.91 Å². The Morgan fingerprint density at radius 1 is 1.05 bits per heavy atom. The number of urea groups is 1. The summed E-state index contributed by atoms with van der Waals surface area (Å²) in [4.78, 5) is 29.9. The van der Waals surface area contributed by atoms with Crippen molar-refractivity contribution in [2.75, 3.05) is 33.4 Å². The average Bonchev–Trinajstić information content (AvgIpc) is 2.91. The van der Waals surface area contributed by atoms with Crippen LogP contribution in [0.2, 0.25) is 10.0 Å².